The Morgan fingerprint density at radius 1 is 1.32 bits per heavy atom. The Labute approximate surface area is 153 Å². The molecule has 1 amide bonds. The minimum atomic E-state index is -0.0418. The van der Waals surface area contributed by atoms with Crippen LogP contribution in [0.2, 0.25) is 0 Å². The number of morpholine rings is 1. The summed E-state index contributed by atoms with van der Waals surface area (Å²) in [5, 5.41) is 6.04. The van der Waals surface area contributed by atoms with Crippen molar-refractivity contribution >= 4 is 28.1 Å². The Balaban J connectivity index is 1.77. The fourth-order valence-corrected chi connectivity index (χ4v) is 3.77. The van der Waals surface area contributed by atoms with Crippen molar-refractivity contribution in [3.05, 3.63) is 29.6 Å². The predicted molar refractivity (Wildman–Crippen MR) is 103 cm³/mol. The first-order chi connectivity index (χ1) is 11.9. The average molecular weight is 359 g/mol. The molecule has 1 aliphatic rings. The van der Waals surface area contributed by atoms with E-state index >= 15 is 0 Å². The van der Waals surface area contributed by atoms with Gasteiger partial charge in [-0.05, 0) is 26.0 Å². The van der Waals surface area contributed by atoms with Crippen LogP contribution in [0.4, 0.5) is 10.8 Å². The quantitative estimate of drug-likeness (QED) is 0.896. The molecule has 134 valence electrons. The fraction of sp³-hybridized carbons (Fsp3) is 0.474. The van der Waals surface area contributed by atoms with Gasteiger partial charge in [-0.25, -0.2) is 4.98 Å². The second kappa shape index (κ2) is 7.54. The maximum Gasteiger partial charge on any atom is 0.226 e. The molecule has 0 bridgehead atoms. The first kappa shape index (κ1) is 17.9. The van der Waals surface area contributed by atoms with Gasteiger partial charge in [0.25, 0.3) is 0 Å². The molecule has 2 aromatic rings. The number of amides is 1. The van der Waals surface area contributed by atoms with E-state index in [9.17, 15) is 4.79 Å². The highest BCUT2D eigenvalue weighted by Crippen LogP contribution is 2.30. The van der Waals surface area contributed by atoms with Crippen LogP contribution < -0.4 is 10.2 Å². The van der Waals surface area contributed by atoms with Crippen LogP contribution in [0.3, 0.4) is 0 Å². The van der Waals surface area contributed by atoms with Gasteiger partial charge < -0.3 is 15.0 Å². The normalized spacial score (nSPS) is 20.8. The molecular weight excluding hydrogens is 334 g/mol. The van der Waals surface area contributed by atoms with Crippen molar-refractivity contribution in [1.29, 1.82) is 0 Å². The van der Waals surface area contributed by atoms with E-state index in [2.05, 4.69) is 29.4 Å². The van der Waals surface area contributed by atoms with Gasteiger partial charge in [-0.1, -0.05) is 26.0 Å². The Bertz CT molecular complexity index is 734. The average Bonchev–Trinajstić information content (AvgIpc) is 3.04. The zero-order valence-electron chi connectivity index (χ0n) is 15.2. The maximum atomic E-state index is 11.9. The van der Waals surface area contributed by atoms with E-state index in [1.54, 1.807) is 11.3 Å². The number of hydrogen-bond acceptors (Lipinski definition) is 5. The van der Waals surface area contributed by atoms with Crippen molar-refractivity contribution in [2.75, 3.05) is 23.3 Å². The van der Waals surface area contributed by atoms with Crippen molar-refractivity contribution in [2.45, 2.75) is 39.9 Å². The third-order valence-corrected chi connectivity index (χ3v) is 5.03. The van der Waals surface area contributed by atoms with Crippen LogP contribution in [-0.2, 0) is 9.53 Å². The standard InChI is InChI=1S/C19H25N3O2S/c1-12(2)18(23)20-16-7-5-6-15(8-16)17-11-25-19(21-17)22-9-13(3)24-14(4)10-22/h5-8,11-14H,9-10H2,1-4H3,(H,20,23). The van der Waals surface area contributed by atoms with Gasteiger partial charge >= 0.3 is 0 Å². The van der Waals surface area contributed by atoms with Crippen LogP contribution >= 0.6 is 11.3 Å². The Morgan fingerprint density at radius 2 is 2.04 bits per heavy atom. The lowest BCUT2D eigenvalue weighted by molar-refractivity contribution is -0.118. The summed E-state index contributed by atoms with van der Waals surface area (Å²) in [6.07, 6.45) is 0.427. The van der Waals surface area contributed by atoms with E-state index in [0.717, 1.165) is 35.2 Å². The number of rotatable bonds is 4. The molecule has 0 spiro atoms. The molecule has 2 unspecified atom stereocenters. The summed E-state index contributed by atoms with van der Waals surface area (Å²) in [6, 6.07) is 7.85. The smallest absolute Gasteiger partial charge is 0.226 e. The first-order valence-corrected chi connectivity index (χ1v) is 9.57. The number of thiazole rings is 1. The highest BCUT2D eigenvalue weighted by Gasteiger charge is 2.24. The van der Waals surface area contributed by atoms with E-state index in [-0.39, 0.29) is 24.0 Å². The van der Waals surface area contributed by atoms with Crippen molar-refractivity contribution in [2.24, 2.45) is 5.92 Å². The lowest BCUT2D eigenvalue weighted by Crippen LogP contribution is -2.45. The van der Waals surface area contributed by atoms with Crippen LogP contribution in [-0.4, -0.2) is 36.2 Å². The zero-order chi connectivity index (χ0) is 18.0. The molecule has 3 rings (SSSR count). The minimum absolute atomic E-state index is 0.0207. The molecule has 1 N–H and O–H groups in total. The molecule has 2 heterocycles. The summed E-state index contributed by atoms with van der Waals surface area (Å²) in [5.41, 5.74) is 2.75. The van der Waals surface area contributed by atoms with E-state index in [0.29, 0.717) is 0 Å². The third-order valence-electron chi connectivity index (χ3n) is 4.13. The molecule has 1 aromatic carbocycles. The Kier molecular flexibility index (Phi) is 5.39. The summed E-state index contributed by atoms with van der Waals surface area (Å²) in [6.45, 7) is 9.69. The molecule has 2 atom stereocenters. The lowest BCUT2D eigenvalue weighted by atomic mass is 10.1. The largest absolute Gasteiger partial charge is 0.372 e. The molecule has 0 radical (unpaired) electrons. The number of ether oxygens (including phenoxy) is 1. The first-order valence-electron chi connectivity index (χ1n) is 8.69. The topological polar surface area (TPSA) is 54.5 Å². The Morgan fingerprint density at radius 3 is 2.72 bits per heavy atom. The van der Waals surface area contributed by atoms with Crippen molar-refractivity contribution in [3.63, 3.8) is 0 Å². The van der Waals surface area contributed by atoms with Crippen molar-refractivity contribution in [1.82, 2.24) is 4.98 Å². The zero-order valence-corrected chi connectivity index (χ0v) is 16.0. The molecule has 1 fully saturated rings. The maximum absolute atomic E-state index is 11.9. The number of benzene rings is 1. The van der Waals surface area contributed by atoms with Gasteiger partial charge in [0.15, 0.2) is 5.13 Å². The van der Waals surface area contributed by atoms with Gasteiger partial charge in [0.2, 0.25) is 5.91 Å². The number of anilines is 2. The molecule has 1 saturated heterocycles. The van der Waals surface area contributed by atoms with Crippen LogP contribution in [0, 0.1) is 5.92 Å². The molecule has 0 aliphatic carbocycles. The fourth-order valence-electron chi connectivity index (χ4n) is 2.92. The number of nitrogens with zero attached hydrogens (tertiary/aromatic N) is 2. The molecular formula is C19H25N3O2S. The number of carbonyl (C=O) groups excluding carboxylic acids is 1. The second-order valence-corrected chi connectivity index (χ2v) is 7.74. The predicted octanol–water partition coefficient (Wildman–Crippen LogP) is 4.02. The monoisotopic (exact) mass is 359 g/mol. The second-order valence-electron chi connectivity index (χ2n) is 6.90. The SMILES string of the molecule is CC1CN(c2nc(-c3cccc(NC(=O)C(C)C)c3)cs2)CC(C)O1. The van der Waals surface area contributed by atoms with Crippen LogP contribution in [0.1, 0.15) is 27.7 Å². The van der Waals surface area contributed by atoms with Gasteiger partial charge in [-0.3, -0.25) is 4.79 Å². The van der Waals surface area contributed by atoms with E-state index in [1.165, 1.54) is 0 Å². The summed E-state index contributed by atoms with van der Waals surface area (Å²) in [7, 11) is 0. The van der Waals surface area contributed by atoms with E-state index in [4.69, 9.17) is 9.72 Å². The number of aromatic nitrogens is 1. The molecule has 5 nitrogen and oxygen atoms in total. The van der Waals surface area contributed by atoms with Gasteiger partial charge in [0.1, 0.15) is 0 Å². The van der Waals surface area contributed by atoms with Crippen LogP contribution in [0.15, 0.2) is 29.6 Å². The van der Waals surface area contributed by atoms with Gasteiger partial charge in [-0.2, -0.15) is 0 Å². The molecule has 6 heteroatoms. The molecule has 1 aliphatic heterocycles. The van der Waals surface area contributed by atoms with Crippen LogP contribution in [0.25, 0.3) is 11.3 Å². The van der Waals surface area contributed by atoms with Gasteiger partial charge in [0.05, 0.1) is 17.9 Å². The molecule has 1 aromatic heterocycles. The highest BCUT2D eigenvalue weighted by molar-refractivity contribution is 7.14. The van der Waals surface area contributed by atoms with Crippen LogP contribution in [0.5, 0.6) is 0 Å². The molecule has 25 heavy (non-hydrogen) atoms. The van der Waals surface area contributed by atoms with Crippen molar-refractivity contribution < 1.29 is 9.53 Å². The number of carbonyl (C=O) groups is 1. The molecule has 0 saturated carbocycles. The van der Waals surface area contributed by atoms with Crippen molar-refractivity contribution in [3.8, 4) is 11.3 Å². The number of nitrogens with one attached hydrogen (secondary N) is 1. The van der Waals surface area contributed by atoms with E-state index < -0.39 is 0 Å². The summed E-state index contributed by atoms with van der Waals surface area (Å²) < 4.78 is 5.80. The Hall–Kier alpha value is -1.92. The summed E-state index contributed by atoms with van der Waals surface area (Å²) in [4.78, 5) is 19.0. The summed E-state index contributed by atoms with van der Waals surface area (Å²) in [5.74, 6) is -0.0211. The van der Waals surface area contributed by atoms with Gasteiger partial charge in [0, 0.05) is 35.6 Å². The number of hydrogen-bond donors (Lipinski definition) is 1. The highest BCUT2D eigenvalue weighted by atomic mass is 32.1. The lowest BCUT2D eigenvalue weighted by Gasteiger charge is -2.35. The van der Waals surface area contributed by atoms with Gasteiger partial charge in [-0.15, -0.1) is 11.3 Å². The van der Waals surface area contributed by atoms with E-state index in [1.807, 2.05) is 38.1 Å². The third kappa shape index (κ3) is 4.38. The minimum Gasteiger partial charge on any atom is -0.372 e. The summed E-state index contributed by atoms with van der Waals surface area (Å²) >= 11 is 1.65.